The third-order valence-electron chi connectivity index (χ3n) is 5.49. The molecule has 0 aromatic carbocycles. The van der Waals surface area contributed by atoms with Crippen LogP contribution in [0.25, 0.3) is 0 Å². The summed E-state index contributed by atoms with van der Waals surface area (Å²) in [5.74, 6) is -1.72. The van der Waals surface area contributed by atoms with Crippen molar-refractivity contribution in [2.24, 2.45) is 11.3 Å². The van der Waals surface area contributed by atoms with Gasteiger partial charge in [0.15, 0.2) is 0 Å². The lowest BCUT2D eigenvalue weighted by molar-refractivity contribution is 0.0675. The van der Waals surface area contributed by atoms with E-state index in [1.54, 1.807) is 0 Å². The van der Waals surface area contributed by atoms with Crippen LogP contribution < -0.4 is 0 Å². The van der Waals surface area contributed by atoms with Gasteiger partial charge in [-0.25, -0.2) is 8.78 Å². The first-order valence-electron chi connectivity index (χ1n) is 7.48. The summed E-state index contributed by atoms with van der Waals surface area (Å²) in [4.78, 5) is 2.23. The average Bonchev–Trinajstić information content (AvgIpc) is 2.69. The van der Waals surface area contributed by atoms with Crippen molar-refractivity contribution in [3.8, 4) is 0 Å². The van der Waals surface area contributed by atoms with Crippen LogP contribution in [0, 0.1) is 17.8 Å². The molecule has 1 spiro atoms. The molecule has 103 valence electrons. The molecule has 0 bridgehead atoms. The summed E-state index contributed by atoms with van der Waals surface area (Å²) < 4.78 is 27.0. The second-order valence-electron chi connectivity index (χ2n) is 6.64. The Bertz CT molecular complexity index is 461. The maximum atomic E-state index is 13.5. The van der Waals surface area contributed by atoms with Gasteiger partial charge < -0.3 is 4.90 Å². The predicted molar refractivity (Wildman–Crippen MR) is 70.6 cm³/mol. The fraction of sp³-hybridized carbons (Fsp3) is 0.688. The zero-order chi connectivity index (χ0) is 13.1. The Morgan fingerprint density at radius 3 is 2.63 bits per heavy atom. The maximum absolute atomic E-state index is 13.5. The molecular formula is C16H20F2N. The molecular weight excluding hydrogens is 244 g/mol. The summed E-state index contributed by atoms with van der Waals surface area (Å²) in [7, 11) is 0. The van der Waals surface area contributed by atoms with Crippen LogP contribution >= 0.6 is 0 Å². The highest BCUT2D eigenvalue weighted by molar-refractivity contribution is 5.40. The van der Waals surface area contributed by atoms with Crippen LogP contribution in [0.15, 0.2) is 23.4 Å². The van der Waals surface area contributed by atoms with Gasteiger partial charge in [-0.3, -0.25) is 0 Å². The number of nitrogens with zero attached hydrogens (tertiary/aromatic N) is 1. The van der Waals surface area contributed by atoms with Gasteiger partial charge in [-0.05, 0) is 43.6 Å². The fourth-order valence-corrected chi connectivity index (χ4v) is 3.86. The van der Waals surface area contributed by atoms with Crippen molar-refractivity contribution in [2.45, 2.75) is 44.4 Å². The number of likely N-dealkylation sites (tertiary alicyclic amines) is 1. The van der Waals surface area contributed by atoms with Gasteiger partial charge in [0.1, 0.15) is 0 Å². The first kappa shape index (κ1) is 11.9. The van der Waals surface area contributed by atoms with Gasteiger partial charge in [-0.2, -0.15) is 0 Å². The predicted octanol–water partition coefficient (Wildman–Crippen LogP) is 3.94. The summed E-state index contributed by atoms with van der Waals surface area (Å²) in [5, 5.41) is 0. The highest BCUT2D eigenvalue weighted by Crippen LogP contribution is 2.65. The van der Waals surface area contributed by atoms with E-state index in [-0.39, 0.29) is 6.42 Å². The molecule has 0 N–H and O–H groups in total. The molecule has 0 amide bonds. The van der Waals surface area contributed by atoms with Crippen LogP contribution in [0.2, 0.25) is 0 Å². The quantitative estimate of drug-likeness (QED) is 0.730. The van der Waals surface area contributed by atoms with Crippen molar-refractivity contribution in [1.29, 1.82) is 0 Å². The standard InChI is InChI=1S/C16H20F2N/c17-16(18)10-15(16)8-9-19(11-15)14-7-2-1-6-13(14)12-4-3-5-12/h1,6-7,12H,2-5,8-11H2. The van der Waals surface area contributed by atoms with E-state index in [0.717, 1.165) is 13.0 Å². The summed E-state index contributed by atoms with van der Waals surface area (Å²) in [6.45, 7) is 1.38. The molecule has 1 radical (unpaired) electrons. The molecule has 19 heavy (non-hydrogen) atoms. The van der Waals surface area contributed by atoms with Crippen molar-refractivity contribution in [3.05, 3.63) is 29.8 Å². The van der Waals surface area contributed by atoms with Crippen molar-refractivity contribution >= 4 is 0 Å². The summed E-state index contributed by atoms with van der Waals surface area (Å²) in [6.07, 6.45) is 12.3. The van der Waals surface area contributed by atoms with Crippen LogP contribution in [-0.4, -0.2) is 23.9 Å². The molecule has 4 rings (SSSR count). The van der Waals surface area contributed by atoms with Crippen molar-refractivity contribution in [2.75, 3.05) is 13.1 Å². The minimum absolute atomic E-state index is 0.110. The topological polar surface area (TPSA) is 3.24 Å². The van der Waals surface area contributed by atoms with E-state index in [1.165, 1.54) is 30.5 Å². The second kappa shape index (κ2) is 3.83. The molecule has 3 aliphatic carbocycles. The number of halogens is 2. The fourth-order valence-electron chi connectivity index (χ4n) is 3.86. The van der Waals surface area contributed by atoms with Crippen LogP contribution in [-0.2, 0) is 0 Å². The van der Waals surface area contributed by atoms with Gasteiger partial charge in [0.05, 0.1) is 5.41 Å². The van der Waals surface area contributed by atoms with E-state index in [1.807, 2.05) is 0 Å². The van der Waals surface area contributed by atoms with E-state index in [9.17, 15) is 8.78 Å². The molecule has 3 heteroatoms. The maximum Gasteiger partial charge on any atom is 0.256 e. The Balaban J connectivity index is 1.53. The molecule has 1 aliphatic heterocycles. The van der Waals surface area contributed by atoms with Crippen LogP contribution in [0.4, 0.5) is 8.78 Å². The summed E-state index contributed by atoms with van der Waals surface area (Å²) >= 11 is 0. The number of alkyl halides is 2. The smallest absolute Gasteiger partial charge is 0.256 e. The minimum atomic E-state index is -2.40. The molecule has 1 unspecified atom stereocenters. The number of rotatable bonds is 2. The largest absolute Gasteiger partial charge is 0.371 e. The van der Waals surface area contributed by atoms with Gasteiger partial charge in [-0.1, -0.05) is 18.6 Å². The van der Waals surface area contributed by atoms with Crippen molar-refractivity contribution in [3.63, 3.8) is 0 Å². The Kier molecular flexibility index (Phi) is 2.40. The monoisotopic (exact) mass is 264 g/mol. The Morgan fingerprint density at radius 2 is 2.05 bits per heavy atom. The van der Waals surface area contributed by atoms with Crippen LogP contribution in [0.3, 0.4) is 0 Å². The minimum Gasteiger partial charge on any atom is -0.371 e. The normalized spacial score (nSPS) is 37.1. The molecule has 0 aromatic heterocycles. The molecule has 0 aromatic rings. The lowest BCUT2D eigenvalue weighted by atomic mass is 9.76. The zero-order valence-corrected chi connectivity index (χ0v) is 11.2. The molecule has 1 nitrogen and oxygen atoms in total. The first-order chi connectivity index (χ1) is 9.11. The van der Waals surface area contributed by atoms with Crippen LogP contribution in [0.1, 0.15) is 38.5 Å². The molecule has 1 atom stereocenters. The van der Waals surface area contributed by atoms with Crippen molar-refractivity contribution in [1.82, 2.24) is 4.90 Å². The van der Waals surface area contributed by atoms with E-state index >= 15 is 0 Å². The highest BCUT2D eigenvalue weighted by atomic mass is 19.3. The summed E-state index contributed by atoms with van der Waals surface area (Å²) in [5.41, 5.74) is 2.00. The molecule has 4 aliphatic rings. The Labute approximate surface area is 113 Å². The molecule has 1 heterocycles. The lowest BCUT2D eigenvalue weighted by Gasteiger charge is -2.35. The number of hydrogen-bond donors (Lipinski definition) is 0. The third-order valence-corrected chi connectivity index (χ3v) is 5.49. The van der Waals surface area contributed by atoms with Gasteiger partial charge in [-0.15, -0.1) is 0 Å². The van der Waals surface area contributed by atoms with E-state index in [0.29, 0.717) is 18.9 Å². The first-order valence-corrected chi connectivity index (χ1v) is 7.48. The summed E-state index contributed by atoms with van der Waals surface area (Å²) in [6, 6.07) is 0. The van der Waals surface area contributed by atoms with Crippen LogP contribution in [0.5, 0.6) is 0 Å². The third kappa shape index (κ3) is 1.70. The molecule has 1 saturated heterocycles. The molecule has 2 saturated carbocycles. The second-order valence-corrected chi connectivity index (χ2v) is 6.64. The number of hydrogen-bond acceptors (Lipinski definition) is 1. The Morgan fingerprint density at radius 1 is 1.26 bits per heavy atom. The van der Waals surface area contributed by atoms with Gasteiger partial charge in [0.25, 0.3) is 5.92 Å². The van der Waals surface area contributed by atoms with Gasteiger partial charge >= 0.3 is 0 Å². The van der Waals surface area contributed by atoms with Crippen molar-refractivity contribution < 1.29 is 8.78 Å². The zero-order valence-electron chi connectivity index (χ0n) is 11.2. The number of allylic oxidation sites excluding steroid dienone is 3. The molecule has 3 fully saturated rings. The van der Waals surface area contributed by atoms with E-state index in [2.05, 4.69) is 23.5 Å². The van der Waals surface area contributed by atoms with E-state index in [4.69, 9.17) is 0 Å². The average molecular weight is 264 g/mol. The van der Waals surface area contributed by atoms with Gasteiger partial charge in [0, 0.05) is 25.2 Å². The Hall–Kier alpha value is -0.860. The lowest BCUT2D eigenvalue weighted by Crippen LogP contribution is -2.28. The van der Waals surface area contributed by atoms with E-state index < -0.39 is 11.3 Å². The highest BCUT2D eigenvalue weighted by Gasteiger charge is 2.72. The van der Waals surface area contributed by atoms with Gasteiger partial charge in [0.2, 0.25) is 0 Å². The SMILES string of the molecule is FC1(F)CC12CCN(C1=CC[CH]C=C1C1CCC1)C2.